The summed E-state index contributed by atoms with van der Waals surface area (Å²) in [4.78, 5) is 69.2. The third-order valence-corrected chi connectivity index (χ3v) is 20.9. The topological polar surface area (TPSA) is 402 Å². The number of aromatic nitrogens is 20. The van der Waals surface area contributed by atoms with E-state index in [0.29, 0.717) is 51.9 Å². The number of esters is 3. The molecule has 0 aliphatic carbocycles. The number of halogens is 11. The van der Waals surface area contributed by atoms with Crippen LogP contribution in [0.1, 0.15) is 142 Å². The minimum Gasteiger partial charge on any atom is -0.478 e. The number of carboxylic acid groups (broad SMARTS) is 1. The number of rotatable bonds is 12. The molecule has 0 bridgehead atoms. The molecule has 15 rings (SSSR count). The predicted molar refractivity (Wildman–Crippen MR) is 539 cm³/mol. The van der Waals surface area contributed by atoms with E-state index in [9.17, 15) is 63.9 Å². The van der Waals surface area contributed by atoms with Crippen molar-refractivity contribution in [2.24, 2.45) is 41.1 Å². The van der Waals surface area contributed by atoms with Crippen molar-refractivity contribution in [3.05, 3.63) is 286 Å². The Morgan fingerprint density at radius 3 is 1.11 bits per heavy atom. The van der Waals surface area contributed by atoms with Crippen LogP contribution in [0.2, 0.25) is 19.6 Å². The van der Waals surface area contributed by atoms with Crippen molar-refractivity contribution in [1.29, 1.82) is 0 Å². The van der Waals surface area contributed by atoms with Crippen LogP contribution in [0, 0.1) is 67.7 Å². The first-order valence-electron chi connectivity index (χ1n) is 42.3. The number of nitrogens with zero attached hydrogens (tertiary/aromatic N) is 17. The molecular weight excluding hydrogens is 2360 g/mol. The van der Waals surface area contributed by atoms with Gasteiger partial charge < -0.3 is 33.0 Å². The van der Waals surface area contributed by atoms with Crippen LogP contribution in [0.5, 0.6) is 0 Å². The van der Waals surface area contributed by atoms with Crippen molar-refractivity contribution in [2.45, 2.75) is 148 Å². The number of hydrazine groups is 1. The van der Waals surface area contributed by atoms with Crippen molar-refractivity contribution < 1.29 is 82.9 Å². The minimum atomic E-state index is -4.52. The van der Waals surface area contributed by atoms with Gasteiger partial charge in [0.2, 0.25) is 5.95 Å². The molecule has 11 heterocycles. The number of aromatic amines is 3. The smallest absolute Gasteiger partial charge is 0.478 e. The minimum absolute atomic E-state index is 0. The van der Waals surface area contributed by atoms with Gasteiger partial charge in [0.05, 0.1) is 128 Å². The summed E-state index contributed by atoms with van der Waals surface area (Å²) >= 11 is 9.08. The van der Waals surface area contributed by atoms with Crippen molar-refractivity contribution in [1.82, 2.24) is 104 Å². The Kier molecular flexibility index (Phi) is 47.6. The zero-order chi connectivity index (χ0) is 106. The summed E-state index contributed by atoms with van der Waals surface area (Å²) in [6.45, 7) is 35.4. The fourth-order valence-electron chi connectivity index (χ4n) is 12.1. The largest absolute Gasteiger partial charge is 0.494 e. The van der Waals surface area contributed by atoms with E-state index < -0.39 is 42.3 Å². The Labute approximate surface area is 836 Å². The monoisotopic (exact) mass is 2480 g/mol. The Morgan fingerprint density at radius 2 is 0.865 bits per heavy atom. The van der Waals surface area contributed by atoms with Crippen molar-refractivity contribution in [3.8, 4) is 56.7 Å². The maximum atomic E-state index is 12.7. The molecular formula is C93H117BBr2F8IN22O12RfSi-. The van der Waals surface area contributed by atoms with Crippen LogP contribution in [0.25, 0.3) is 56.7 Å². The number of nitrogens with two attached hydrogens (primary N) is 1. The molecule has 0 unspecified atom stereocenters. The molecule has 14 aromatic rings. The number of aryl methyl sites for hydroxylation is 8. The third-order valence-electron chi connectivity index (χ3n) is 20.1. The van der Waals surface area contributed by atoms with Crippen molar-refractivity contribution >= 4 is 95.7 Å². The van der Waals surface area contributed by atoms with Crippen LogP contribution >= 0.6 is 53.7 Å². The van der Waals surface area contributed by atoms with Gasteiger partial charge in [0.25, 0.3) is 11.1 Å². The second kappa shape index (κ2) is 55.3. The number of H-pyrrole nitrogens is 3. The molecule has 0 saturated carbocycles. The number of alkyl halides is 3. The third kappa shape index (κ3) is 35.5. The number of carbonyl (C=O) groups excluding carboxylic acids is 3. The van der Waals surface area contributed by atoms with E-state index in [2.05, 4.69) is 141 Å². The zero-order valence-electron chi connectivity index (χ0n) is 83.6. The molecule has 0 spiro atoms. The van der Waals surface area contributed by atoms with Gasteiger partial charge in [0.1, 0.15) is 17.5 Å². The van der Waals surface area contributed by atoms with Gasteiger partial charge in [-0.3, -0.25) is 54.9 Å². The van der Waals surface area contributed by atoms with E-state index in [0.717, 1.165) is 94.6 Å². The van der Waals surface area contributed by atoms with Gasteiger partial charge in [-0.15, -0.1) is 21.8 Å². The van der Waals surface area contributed by atoms with E-state index in [1.54, 1.807) is 183 Å². The molecule has 1 fully saturated rings. The molecule has 4 aromatic carbocycles. The first-order chi connectivity index (χ1) is 65.4. The standard InChI is InChI=1S/C17H18N4O2.C16H16N4O3.C15H14N4O3.C14H19BO4.C9H11BrN4.C6H9FN2.C5H6F4.C3H3BrN2.C3H9ISi.C2F3.C2H6.CH6N2.Rf/c1-11-12(2)19-20(3)16(11)21-10-15(9-18-21)13-6-5-7-14(8-13)17(22)23-4;1-10-14(21)18-19(2)15(10)20-9-13(8-17-20)11-5-4-6-12(7-11)16(22)23-3;1-9-13(20)17-18(2)14(9)19-8-12(7-16-19)10-4-3-5-11(6-10)15(21)22;1-13(2)14(3,4)19-15(18-13)11-8-6-7-10(9-11)12(16)17-5;1-6-7(2)12-13(3)9(6)14-5-8(10)4-11-14;1-4-5(2)8-9(3)6(4)7;1-3(4(2)6)5(7,8)9;4-3-1-5-6-2-3;1-5(2,3)4;3-1-2(4)5;1-2;1-3-2;/h5-10H,1-4H3;4-9H,1-3H3,(H,18,21);3-8H,1-2H3,(H,17,20)(H,21,22);6-9H,1-5H3;4-5H,1-3H3;1-3H3;1-2H3;1-2H,(H,5,6);1-3H3;;1-2H3;3H,2H2,1H3;/q;;;;;;;;;-1;;;/b;;;;;;4-3-;;;;;;. The number of hydrogen-bond acceptors (Lipinski definition) is 21. The molecule has 1 saturated heterocycles. The molecule has 1 aliphatic rings. The fraction of sp³-hybridized carbons (Fsp3) is 0.333. The van der Waals surface area contributed by atoms with Gasteiger partial charge in [0.15, 0.2) is 23.3 Å². The van der Waals surface area contributed by atoms with Crippen LogP contribution in [-0.2, 0) is 58.8 Å². The van der Waals surface area contributed by atoms with Gasteiger partial charge in [-0.2, -0.15) is 58.4 Å². The van der Waals surface area contributed by atoms with Gasteiger partial charge in [-0.1, -0.05) is 82.0 Å². The zero-order valence-corrected chi connectivity index (χ0v) is 96.3. The summed E-state index contributed by atoms with van der Waals surface area (Å²) < 4.78 is 132. The molecule has 758 valence electrons. The van der Waals surface area contributed by atoms with E-state index in [4.69, 9.17) is 28.6 Å². The fourth-order valence-corrected chi connectivity index (χ4v) is 12.5. The number of allylic oxidation sites excluding steroid dienone is 2. The molecule has 7 N–H and O–H groups in total. The van der Waals surface area contributed by atoms with E-state index in [1.165, 1.54) is 32.1 Å². The van der Waals surface area contributed by atoms with Crippen LogP contribution < -0.4 is 27.8 Å². The van der Waals surface area contributed by atoms with Crippen LogP contribution in [-0.4, -0.2) is 186 Å². The van der Waals surface area contributed by atoms with Crippen molar-refractivity contribution in [2.75, 3.05) is 28.4 Å². The first-order valence-corrected chi connectivity index (χ1v) is 50.5. The van der Waals surface area contributed by atoms with Gasteiger partial charge in [-0.05, 0) is 207 Å². The Hall–Kier alpha value is -13.8. The second-order valence-corrected chi connectivity index (χ2v) is 47.7. The molecule has 0 amide bonds. The van der Waals surface area contributed by atoms with Crippen LogP contribution in [0.3, 0.4) is 0 Å². The summed E-state index contributed by atoms with van der Waals surface area (Å²) in [5.41, 5.74) is 13.7. The number of methoxy groups -OCH3 is 3. The second-order valence-electron chi connectivity index (χ2n) is 32.0. The maximum absolute atomic E-state index is 12.7. The molecule has 1 aliphatic heterocycles. The molecule has 34 nitrogen and oxygen atoms in total. The molecule has 0 radical (unpaired) electrons. The summed E-state index contributed by atoms with van der Waals surface area (Å²) in [5, 5.41) is 50.5. The van der Waals surface area contributed by atoms with Gasteiger partial charge in [-0.25, -0.2) is 62.1 Å². The summed E-state index contributed by atoms with van der Waals surface area (Å²) in [6.07, 6.45) is 10.9. The SMILES string of the molecule is Brc1cn[nH]c1.C/C(F)=C(\C)C(F)(F)F.CC.CNN.COC(=O)c1cccc(-c2cnn(-c3c(C)c(=O)[nH]n3C)c2)c1.COC(=O)c1cccc(-c2cnn(-c3c(C)c(C)nn3C)c2)c1.COC(=O)c1cccc(B2OC(C)(C)C(C)(C)O2)c1.C[Si](C)(C)I.Cc1c(-n2cc(-c3cccc(C(=O)O)c3)cn2)n(C)[nH]c1=O.Cc1nn(C)c(-n2cc(Br)cn2)c1C.Cc1nn(C)c(F)c1C.F[C-]=C(F)F.[Rf]. The summed E-state index contributed by atoms with van der Waals surface area (Å²) in [7, 11) is 14.2. The van der Waals surface area contributed by atoms with Crippen molar-refractivity contribution in [3.63, 3.8) is 0 Å². The van der Waals surface area contributed by atoms with Gasteiger partial charge >= 0.3 is 37.2 Å². The number of carbonyl (C=O) groups is 4. The number of benzene rings is 4. The van der Waals surface area contributed by atoms with Gasteiger partial charge in [0, 0.05) is 99.6 Å². The Morgan fingerprint density at radius 1 is 0.539 bits per heavy atom. The number of nitrogens with one attached hydrogen (secondary N) is 4. The normalized spacial score (nSPS) is 11.9. The number of carboxylic acids is 1. The first kappa shape index (κ1) is 121. The van der Waals surface area contributed by atoms with E-state index in [-0.39, 0.29) is 58.1 Å². The summed E-state index contributed by atoms with van der Waals surface area (Å²) in [5.74, 6) is 4.36. The predicted octanol–water partition coefficient (Wildman–Crippen LogP) is 18.7. The average molecular weight is 2480 g/mol. The van der Waals surface area contributed by atoms with E-state index >= 15 is 0 Å². The molecule has 10 aromatic heterocycles. The summed E-state index contributed by atoms with van der Waals surface area (Å²) in [6, 6.07) is 28.2. The number of ether oxygens (including phenoxy) is 3. The maximum Gasteiger partial charge on any atom is 0.494 e. The Bertz CT molecular complexity index is 6570. The number of aromatic carboxylic acids is 1. The van der Waals surface area contributed by atoms with E-state index in [1.807, 2.05) is 146 Å². The van der Waals surface area contributed by atoms with Crippen LogP contribution in [0.4, 0.5) is 35.1 Å². The quantitative estimate of drug-likeness (QED) is 0.00761. The average Bonchev–Trinajstić information content (AvgIpc) is 1.62. The van der Waals surface area contributed by atoms with Crippen LogP contribution in [0.15, 0.2) is 195 Å². The molecule has 0 atom stereocenters. The molecule has 141 heavy (non-hydrogen) atoms. The molecule has 48 heteroatoms. The Balaban J connectivity index is 0.000000415. The number of hydrogen-bond donors (Lipinski definition) is 6.